The first-order valence-corrected chi connectivity index (χ1v) is 9.83. The third kappa shape index (κ3) is 6.49. The van der Waals surface area contributed by atoms with Crippen LogP contribution in [-0.4, -0.2) is 32.2 Å². The predicted molar refractivity (Wildman–Crippen MR) is 118 cm³/mol. The quantitative estimate of drug-likeness (QED) is 0.368. The van der Waals surface area contributed by atoms with Crippen molar-refractivity contribution in [3.8, 4) is 17.6 Å². The topological polar surface area (TPSA) is 97.7 Å². The molecule has 0 saturated carbocycles. The summed E-state index contributed by atoms with van der Waals surface area (Å²) < 4.78 is 15.5. The number of carbonyl (C=O) groups excluding carboxylic acids is 2. The van der Waals surface area contributed by atoms with E-state index in [0.29, 0.717) is 11.3 Å². The van der Waals surface area contributed by atoms with Crippen molar-refractivity contribution in [3.63, 3.8) is 0 Å². The third-order valence-electron chi connectivity index (χ3n) is 4.33. The summed E-state index contributed by atoms with van der Waals surface area (Å²) in [6.45, 7) is 5.50. The molecular weight excluding hydrogens is 420 g/mol. The highest BCUT2D eigenvalue weighted by Crippen LogP contribution is 2.37. The Morgan fingerprint density at radius 1 is 1.19 bits per heavy atom. The van der Waals surface area contributed by atoms with Gasteiger partial charge >= 0.3 is 5.97 Å². The average Bonchev–Trinajstić information content (AvgIpc) is 2.73. The first-order chi connectivity index (χ1) is 14.8. The number of nitriles is 1. The molecule has 0 atom stereocenters. The number of rotatable bonds is 8. The predicted octanol–water partition coefficient (Wildman–Crippen LogP) is 4.45. The molecular formula is C23H23ClN2O5. The van der Waals surface area contributed by atoms with E-state index in [-0.39, 0.29) is 35.3 Å². The molecule has 2 aromatic carbocycles. The number of hydrogen-bond acceptors (Lipinski definition) is 6. The SMILES string of the molecule is CCOC(=O)COc1c(Cl)cc(/C=C(\C#N)C(=O)Nc2ccc(C)c(C)c2)cc1OC. The van der Waals surface area contributed by atoms with Gasteiger partial charge in [-0.2, -0.15) is 5.26 Å². The Kier molecular flexibility index (Phi) is 8.47. The lowest BCUT2D eigenvalue weighted by atomic mass is 10.1. The lowest BCUT2D eigenvalue weighted by molar-refractivity contribution is -0.145. The Morgan fingerprint density at radius 2 is 1.94 bits per heavy atom. The summed E-state index contributed by atoms with van der Waals surface area (Å²) in [4.78, 5) is 24.1. The summed E-state index contributed by atoms with van der Waals surface area (Å²) in [6.07, 6.45) is 1.39. The van der Waals surface area contributed by atoms with Gasteiger partial charge < -0.3 is 19.5 Å². The van der Waals surface area contributed by atoms with Gasteiger partial charge in [-0.25, -0.2) is 4.79 Å². The number of aryl methyl sites for hydroxylation is 2. The maximum absolute atomic E-state index is 12.5. The van der Waals surface area contributed by atoms with E-state index in [1.807, 2.05) is 32.0 Å². The van der Waals surface area contributed by atoms with Crippen molar-refractivity contribution in [2.75, 3.05) is 25.6 Å². The summed E-state index contributed by atoms with van der Waals surface area (Å²) in [7, 11) is 1.41. The standard InChI is InChI=1S/C23H23ClN2O5/c1-5-30-21(27)13-31-22-19(24)10-16(11-20(22)29-4)9-17(12-25)23(28)26-18-7-6-14(2)15(3)8-18/h6-11H,5,13H2,1-4H3,(H,26,28)/b17-9+. The molecule has 0 heterocycles. The van der Waals surface area contributed by atoms with E-state index in [4.69, 9.17) is 25.8 Å². The number of ether oxygens (including phenoxy) is 3. The van der Waals surface area contributed by atoms with Gasteiger partial charge in [-0.3, -0.25) is 4.79 Å². The lowest BCUT2D eigenvalue weighted by Crippen LogP contribution is -2.15. The first-order valence-electron chi connectivity index (χ1n) is 9.45. The molecule has 0 spiro atoms. The average molecular weight is 443 g/mol. The number of anilines is 1. The second-order valence-electron chi connectivity index (χ2n) is 6.55. The van der Waals surface area contributed by atoms with Gasteiger partial charge in [-0.05, 0) is 67.8 Å². The van der Waals surface area contributed by atoms with Crippen molar-refractivity contribution in [2.24, 2.45) is 0 Å². The van der Waals surface area contributed by atoms with Crippen LogP contribution in [0.3, 0.4) is 0 Å². The zero-order chi connectivity index (χ0) is 23.0. The molecule has 0 fully saturated rings. The third-order valence-corrected chi connectivity index (χ3v) is 4.61. The Balaban J connectivity index is 2.25. The van der Waals surface area contributed by atoms with Crippen molar-refractivity contribution >= 4 is 35.2 Å². The van der Waals surface area contributed by atoms with Gasteiger partial charge in [-0.1, -0.05) is 17.7 Å². The highest BCUT2D eigenvalue weighted by molar-refractivity contribution is 6.32. The van der Waals surface area contributed by atoms with Crippen LogP contribution in [0.15, 0.2) is 35.9 Å². The zero-order valence-electron chi connectivity index (χ0n) is 17.7. The maximum atomic E-state index is 12.5. The van der Waals surface area contributed by atoms with Gasteiger partial charge in [0.25, 0.3) is 5.91 Å². The van der Waals surface area contributed by atoms with E-state index in [2.05, 4.69) is 5.32 Å². The summed E-state index contributed by atoms with van der Waals surface area (Å²) in [5, 5.41) is 12.3. The van der Waals surface area contributed by atoms with E-state index in [1.54, 1.807) is 19.1 Å². The van der Waals surface area contributed by atoms with Crippen LogP contribution in [0.25, 0.3) is 6.08 Å². The number of nitrogens with one attached hydrogen (secondary N) is 1. The Hall–Kier alpha value is -3.50. The molecule has 8 heteroatoms. The highest BCUT2D eigenvalue weighted by Gasteiger charge is 2.16. The summed E-state index contributed by atoms with van der Waals surface area (Å²) in [5.74, 6) is -0.690. The molecule has 0 aliphatic rings. The minimum absolute atomic E-state index is 0.114. The normalized spacial score (nSPS) is 10.8. The molecule has 0 aliphatic carbocycles. The van der Waals surface area contributed by atoms with Crippen LogP contribution < -0.4 is 14.8 Å². The van der Waals surface area contributed by atoms with Gasteiger partial charge in [-0.15, -0.1) is 0 Å². The number of nitrogens with zero attached hydrogens (tertiary/aromatic N) is 1. The minimum Gasteiger partial charge on any atom is -0.493 e. The Bertz CT molecular complexity index is 1060. The first kappa shape index (κ1) is 23.8. The fourth-order valence-corrected chi connectivity index (χ4v) is 2.90. The fraction of sp³-hybridized carbons (Fsp3) is 0.261. The van der Waals surface area contributed by atoms with Crippen molar-refractivity contribution in [2.45, 2.75) is 20.8 Å². The monoisotopic (exact) mass is 442 g/mol. The minimum atomic E-state index is -0.552. The number of esters is 1. The number of methoxy groups -OCH3 is 1. The van der Waals surface area contributed by atoms with Crippen LogP contribution in [0.1, 0.15) is 23.6 Å². The van der Waals surface area contributed by atoms with Crippen LogP contribution in [-0.2, 0) is 14.3 Å². The van der Waals surface area contributed by atoms with Gasteiger partial charge in [0.05, 0.1) is 18.7 Å². The van der Waals surface area contributed by atoms with Crippen molar-refractivity contribution < 1.29 is 23.8 Å². The molecule has 0 bridgehead atoms. The van der Waals surface area contributed by atoms with E-state index in [0.717, 1.165) is 11.1 Å². The summed E-state index contributed by atoms with van der Waals surface area (Å²) in [6, 6.07) is 10.4. The van der Waals surface area contributed by atoms with Gasteiger partial charge in [0, 0.05) is 5.69 Å². The molecule has 0 saturated heterocycles. The number of carbonyl (C=O) groups is 2. The van der Waals surface area contributed by atoms with Gasteiger partial charge in [0.15, 0.2) is 18.1 Å². The zero-order valence-corrected chi connectivity index (χ0v) is 18.5. The Labute approximate surface area is 186 Å². The molecule has 2 aromatic rings. The molecule has 1 amide bonds. The van der Waals surface area contributed by atoms with Crippen molar-refractivity contribution in [1.82, 2.24) is 0 Å². The van der Waals surface area contributed by atoms with Crippen LogP contribution in [0.2, 0.25) is 5.02 Å². The van der Waals surface area contributed by atoms with E-state index in [1.165, 1.54) is 19.3 Å². The molecule has 0 aromatic heterocycles. The van der Waals surface area contributed by atoms with Crippen LogP contribution >= 0.6 is 11.6 Å². The number of halogens is 1. The van der Waals surface area contributed by atoms with E-state index >= 15 is 0 Å². The molecule has 1 N–H and O–H groups in total. The molecule has 7 nitrogen and oxygen atoms in total. The maximum Gasteiger partial charge on any atom is 0.344 e. The molecule has 162 valence electrons. The summed E-state index contributed by atoms with van der Waals surface area (Å²) in [5.41, 5.74) is 3.05. The molecule has 2 rings (SSSR count). The molecule has 0 unspecified atom stereocenters. The highest BCUT2D eigenvalue weighted by atomic mass is 35.5. The van der Waals surface area contributed by atoms with Crippen molar-refractivity contribution in [3.05, 3.63) is 57.6 Å². The van der Waals surface area contributed by atoms with Crippen LogP contribution in [0.4, 0.5) is 5.69 Å². The largest absolute Gasteiger partial charge is 0.493 e. The molecule has 0 radical (unpaired) electrons. The van der Waals surface area contributed by atoms with Gasteiger partial charge in [0.2, 0.25) is 0 Å². The van der Waals surface area contributed by atoms with Crippen LogP contribution in [0.5, 0.6) is 11.5 Å². The lowest BCUT2D eigenvalue weighted by Gasteiger charge is -2.13. The fourth-order valence-electron chi connectivity index (χ4n) is 2.63. The number of amides is 1. The smallest absolute Gasteiger partial charge is 0.344 e. The summed E-state index contributed by atoms with van der Waals surface area (Å²) >= 11 is 6.27. The number of hydrogen-bond donors (Lipinski definition) is 1. The van der Waals surface area contributed by atoms with Gasteiger partial charge in [0.1, 0.15) is 11.6 Å². The van der Waals surface area contributed by atoms with E-state index < -0.39 is 11.9 Å². The molecule has 0 aliphatic heterocycles. The molecule has 31 heavy (non-hydrogen) atoms. The van der Waals surface area contributed by atoms with Crippen molar-refractivity contribution in [1.29, 1.82) is 5.26 Å². The number of benzene rings is 2. The van der Waals surface area contributed by atoms with Crippen LogP contribution in [0, 0.1) is 25.2 Å². The van der Waals surface area contributed by atoms with E-state index in [9.17, 15) is 14.9 Å². The second-order valence-corrected chi connectivity index (χ2v) is 6.96. The second kappa shape index (κ2) is 11.0. The Morgan fingerprint density at radius 3 is 2.55 bits per heavy atom.